The van der Waals surface area contributed by atoms with Crippen LogP contribution in [0.4, 0.5) is 0 Å². The summed E-state index contributed by atoms with van der Waals surface area (Å²) in [5.41, 5.74) is 2.16. The van der Waals surface area contributed by atoms with Gasteiger partial charge in [0.15, 0.2) is 0 Å². The Morgan fingerprint density at radius 2 is 1.38 bits per heavy atom. The van der Waals surface area contributed by atoms with Crippen molar-refractivity contribution in [2.45, 2.75) is 71.5 Å². The standard InChI is InChI=1S/C26H32O6/c1-5-19-7-11-21(12-8-19)24(27)30-29-23-17-18(3)15-16-26(23,4)32-31-25(28)22-13-9-20(6-2)10-14-22/h7-14,18,23H,5-6,15-17H2,1-4H3. The molecular weight excluding hydrogens is 408 g/mol. The minimum atomic E-state index is -0.933. The molecule has 0 spiro atoms. The highest BCUT2D eigenvalue weighted by atomic mass is 17.2. The van der Waals surface area contributed by atoms with Crippen LogP contribution in [0.15, 0.2) is 48.5 Å². The largest absolute Gasteiger partial charge is 0.373 e. The Morgan fingerprint density at radius 3 is 1.88 bits per heavy atom. The maximum absolute atomic E-state index is 12.4. The summed E-state index contributed by atoms with van der Waals surface area (Å²) in [5.74, 6) is -0.781. The molecule has 0 heterocycles. The Kier molecular flexibility index (Phi) is 8.04. The zero-order chi connectivity index (χ0) is 23.1. The van der Waals surface area contributed by atoms with Gasteiger partial charge in [0.2, 0.25) is 0 Å². The van der Waals surface area contributed by atoms with E-state index in [-0.39, 0.29) is 0 Å². The number of carbonyl (C=O) groups is 2. The molecule has 0 N–H and O–H groups in total. The molecule has 3 unspecified atom stereocenters. The average Bonchev–Trinajstić information content (AvgIpc) is 2.83. The Balaban J connectivity index is 1.61. The van der Waals surface area contributed by atoms with Gasteiger partial charge in [-0.1, -0.05) is 45.0 Å². The average molecular weight is 441 g/mol. The second kappa shape index (κ2) is 10.7. The van der Waals surface area contributed by atoms with Gasteiger partial charge in [-0.3, -0.25) is 9.78 Å². The van der Waals surface area contributed by atoms with Gasteiger partial charge in [0, 0.05) is 0 Å². The lowest BCUT2D eigenvalue weighted by Gasteiger charge is -2.39. The minimum Gasteiger partial charge on any atom is -0.292 e. The molecule has 0 aliphatic heterocycles. The molecule has 0 aromatic heterocycles. The van der Waals surface area contributed by atoms with Gasteiger partial charge in [0.05, 0.1) is 11.1 Å². The van der Waals surface area contributed by atoms with Gasteiger partial charge in [-0.2, -0.15) is 9.78 Å². The number of carbonyl (C=O) groups excluding carboxylic acids is 2. The number of hydrogen-bond acceptors (Lipinski definition) is 6. The second-order valence-electron chi connectivity index (χ2n) is 8.70. The Labute approximate surface area is 189 Å². The molecule has 3 rings (SSSR count). The first-order valence-corrected chi connectivity index (χ1v) is 11.3. The zero-order valence-electron chi connectivity index (χ0n) is 19.3. The molecule has 1 fully saturated rings. The van der Waals surface area contributed by atoms with Gasteiger partial charge in [-0.05, 0) is 80.3 Å². The number of benzene rings is 2. The van der Waals surface area contributed by atoms with Gasteiger partial charge >= 0.3 is 11.9 Å². The zero-order valence-corrected chi connectivity index (χ0v) is 19.3. The van der Waals surface area contributed by atoms with Crippen LogP contribution in [0.3, 0.4) is 0 Å². The summed E-state index contributed by atoms with van der Waals surface area (Å²) in [6.45, 7) is 8.01. The van der Waals surface area contributed by atoms with E-state index in [2.05, 4.69) is 20.8 Å². The number of hydrogen-bond donors (Lipinski definition) is 0. The van der Waals surface area contributed by atoms with Crippen LogP contribution in [-0.2, 0) is 32.4 Å². The van der Waals surface area contributed by atoms with Crippen LogP contribution in [0.2, 0.25) is 0 Å². The van der Waals surface area contributed by atoms with Crippen molar-refractivity contribution >= 4 is 11.9 Å². The minimum absolute atomic E-state index is 0.358. The molecule has 3 atom stereocenters. The van der Waals surface area contributed by atoms with Crippen molar-refractivity contribution in [1.29, 1.82) is 0 Å². The van der Waals surface area contributed by atoms with Crippen molar-refractivity contribution in [3.8, 4) is 0 Å². The Hall–Kier alpha value is -2.70. The van der Waals surface area contributed by atoms with E-state index in [0.29, 0.717) is 29.9 Å². The summed E-state index contributed by atoms with van der Waals surface area (Å²) in [7, 11) is 0. The van der Waals surface area contributed by atoms with Crippen LogP contribution in [0, 0.1) is 5.92 Å². The smallest absolute Gasteiger partial charge is 0.292 e. The molecule has 0 radical (unpaired) electrons. The highest BCUT2D eigenvalue weighted by molar-refractivity contribution is 5.89. The van der Waals surface area contributed by atoms with Gasteiger partial charge in [-0.25, -0.2) is 9.59 Å². The molecule has 2 aromatic rings. The van der Waals surface area contributed by atoms with Crippen LogP contribution in [0.5, 0.6) is 0 Å². The van der Waals surface area contributed by atoms with Crippen molar-refractivity contribution in [1.82, 2.24) is 0 Å². The summed E-state index contributed by atoms with van der Waals surface area (Å²) < 4.78 is 0. The molecule has 172 valence electrons. The molecule has 2 aromatic carbocycles. The summed E-state index contributed by atoms with van der Waals surface area (Å²) >= 11 is 0. The second-order valence-corrected chi connectivity index (χ2v) is 8.70. The van der Waals surface area contributed by atoms with Crippen molar-refractivity contribution < 1.29 is 29.1 Å². The van der Waals surface area contributed by atoms with Crippen LogP contribution < -0.4 is 0 Å². The lowest BCUT2D eigenvalue weighted by atomic mass is 9.78. The number of aryl methyl sites for hydroxylation is 2. The molecule has 0 bridgehead atoms. The normalized spacial score (nSPS) is 22.9. The fourth-order valence-corrected chi connectivity index (χ4v) is 3.75. The Morgan fingerprint density at radius 1 is 0.875 bits per heavy atom. The predicted octanol–water partition coefficient (Wildman–Crippen LogP) is 5.64. The van der Waals surface area contributed by atoms with Gasteiger partial charge < -0.3 is 0 Å². The summed E-state index contributed by atoms with van der Waals surface area (Å²) in [4.78, 5) is 46.3. The maximum Gasteiger partial charge on any atom is 0.373 e. The van der Waals surface area contributed by atoms with Crippen molar-refractivity contribution in [2.75, 3.05) is 0 Å². The van der Waals surface area contributed by atoms with Crippen molar-refractivity contribution in [3.05, 3.63) is 70.8 Å². The van der Waals surface area contributed by atoms with E-state index in [0.717, 1.165) is 30.4 Å². The van der Waals surface area contributed by atoms with Gasteiger partial charge in [0.1, 0.15) is 11.7 Å². The quantitative estimate of drug-likeness (QED) is 0.391. The first-order chi connectivity index (χ1) is 15.3. The van der Waals surface area contributed by atoms with E-state index in [9.17, 15) is 9.59 Å². The first kappa shape index (κ1) is 24.0. The van der Waals surface area contributed by atoms with Crippen molar-refractivity contribution in [2.24, 2.45) is 5.92 Å². The maximum atomic E-state index is 12.4. The van der Waals surface area contributed by atoms with Gasteiger partial charge in [0.25, 0.3) is 0 Å². The molecular formula is C26H32O6. The van der Waals surface area contributed by atoms with Gasteiger partial charge in [-0.15, -0.1) is 0 Å². The van der Waals surface area contributed by atoms with Crippen LogP contribution in [0.1, 0.15) is 78.8 Å². The van der Waals surface area contributed by atoms with Crippen LogP contribution in [0.25, 0.3) is 0 Å². The lowest BCUT2D eigenvalue weighted by molar-refractivity contribution is -0.388. The SMILES string of the molecule is CCc1ccc(C(=O)OOC2CC(C)CCC2(C)OOC(=O)c2ccc(CC)cc2)cc1. The van der Waals surface area contributed by atoms with E-state index >= 15 is 0 Å². The fourth-order valence-electron chi connectivity index (χ4n) is 3.75. The Bertz CT molecular complexity index is 905. The van der Waals surface area contributed by atoms with E-state index in [1.807, 2.05) is 24.3 Å². The molecule has 6 heteroatoms. The molecule has 0 amide bonds. The molecule has 32 heavy (non-hydrogen) atoms. The summed E-state index contributed by atoms with van der Waals surface area (Å²) in [6, 6.07) is 14.4. The third-order valence-electron chi connectivity index (χ3n) is 6.17. The third kappa shape index (κ3) is 5.96. The van der Waals surface area contributed by atoms with Crippen LogP contribution >= 0.6 is 0 Å². The van der Waals surface area contributed by atoms with E-state index in [4.69, 9.17) is 19.6 Å². The summed E-state index contributed by atoms with van der Waals surface area (Å²) in [6.07, 6.45) is 3.31. The molecule has 1 saturated carbocycles. The lowest BCUT2D eigenvalue weighted by Crippen LogP contribution is -2.48. The van der Waals surface area contributed by atoms with E-state index in [1.54, 1.807) is 31.2 Å². The predicted molar refractivity (Wildman–Crippen MR) is 120 cm³/mol. The molecule has 1 aliphatic rings. The molecule has 1 aliphatic carbocycles. The third-order valence-corrected chi connectivity index (χ3v) is 6.17. The first-order valence-electron chi connectivity index (χ1n) is 11.3. The number of rotatable bonds is 8. The van der Waals surface area contributed by atoms with Crippen LogP contribution in [-0.4, -0.2) is 23.6 Å². The highest BCUT2D eigenvalue weighted by Gasteiger charge is 2.45. The molecule has 6 nitrogen and oxygen atoms in total. The summed E-state index contributed by atoms with van der Waals surface area (Å²) in [5, 5.41) is 0. The van der Waals surface area contributed by atoms with E-state index in [1.165, 1.54) is 0 Å². The topological polar surface area (TPSA) is 71.1 Å². The fraction of sp³-hybridized carbons (Fsp3) is 0.462. The van der Waals surface area contributed by atoms with Crippen molar-refractivity contribution in [3.63, 3.8) is 0 Å². The van der Waals surface area contributed by atoms with E-state index < -0.39 is 23.6 Å². The molecule has 0 saturated heterocycles. The highest BCUT2D eigenvalue weighted by Crippen LogP contribution is 2.37. The monoisotopic (exact) mass is 440 g/mol.